The van der Waals surface area contributed by atoms with Crippen LogP contribution in [0.4, 0.5) is 11.9 Å². The van der Waals surface area contributed by atoms with Crippen LogP contribution >= 0.6 is 0 Å². The van der Waals surface area contributed by atoms with Gasteiger partial charge in [-0.3, -0.25) is 0 Å². The summed E-state index contributed by atoms with van der Waals surface area (Å²) in [6.45, 7) is 3.84. The van der Waals surface area contributed by atoms with E-state index in [0.717, 1.165) is 6.42 Å². The largest absolute Gasteiger partial charge is 0.463 e. The molecule has 0 radical (unpaired) electrons. The van der Waals surface area contributed by atoms with E-state index in [-0.39, 0.29) is 0 Å². The van der Waals surface area contributed by atoms with Gasteiger partial charge in [-0.1, -0.05) is 6.92 Å². The van der Waals surface area contributed by atoms with E-state index in [2.05, 4.69) is 25.6 Å². The van der Waals surface area contributed by atoms with Gasteiger partial charge in [0.05, 0.1) is 13.2 Å². The lowest BCUT2D eigenvalue weighted by Gasteiger charge is -2.08. The van der Waals surface area contributed by atoms with Crippen molar-refractivity contribution in [1.82, 2.24) is 15.0 Å². The summed E-state index contributed by atoms with van der Waals surface area (Å²) >= 11 is 0. The third-order valence-corrected chi connectivity index (χ3v) is 1.86. The van der Waals surface area contributed by atoms with Crippen LogP contribution in [0.2, 0.25) is 0 Å². The van der Waals surface area contributed by atoms with Crippen LogP contribution in [-0.2, 0) is 4.74 Å². The predicted octanol–water partition coefficient (Wildman–Crippen LogP) is 0.760. The van der Waals surface area contributed by atoms with Crippen LogP contribution in [0.25, 0.3) is 0 Å². The molecule has 0 unspecified atom stereocenters. The van der Waals surface area contributed by atoms with Gasteiger partial charge in [0.2, 0.25) is 11.9 Å². The number of hydrogen-bond donors (Lipinski definition) is 2. The smallest absolute Gasteiger partial charge is 0.323 e. The van der Waals surface area contributed by atoms with Crippen molar-refractivity contribution in [1.29, 1.82) is 0 Å². The Balaban J connectivity index is 2.67. The number of hydrogen-bond acceptors (Lipinski definition) is 7. The fraction of sp³-hybridized carbons (Fsp3) is 0.700. The quantitative estimate of drug-likeness (QED) is 0.650. The van der Waals surface area contributed by atoms with Gasteiger partial charge in [-0.15, -0.1) is 0 Å². The SMILES string of the molecule is CCCOc1nc(NC)nc(NCCOC)n1. The number of rotatable bonds is 8. The van der Waals surface area contributed by atoms with E-state index in [4.69, 9.17) is 9.47 Å². The van der Waals surface area contributed by atoms with Crippen molar-refractivity contribution in [2.75, 3.05) is 44.5 Å². The van der Waals surface area contributed by atoms with E-state index < -0.39 is 0 Å². The number of anilines is 2. The van der Waals surface area contributed by atoms with Gasteiger partial charge < -0.3 is 20.1 Å². The summed E-state index contributed by atoms with van der Waals surface area (Å²) in [5.41, 5.74) is 0. The van der Waals surface area contributed by atoms with E-state index >= 15 is 0 Å². The summed E-state index contributed by atoms with van der Waals surface area (Å²) in [5, 5.41) is 5.89. The zero-order valence-corrected chi connectivity index (χ0v) is 10.5. The molecular weight excluding hydrogens is 222 g/mol. The molecule has 0 aromatic carbocycles. The number of aromatic nitrogens is 3. The molecule has 1 rings (SSSR count). The van der Waals surface area contributed by atoms with Crippen molar-refractivity contribution in [2.24, 2.45) is 0 Å². The average molecular weight is 241 g/mol. The van der Waals surface area contributed by atoms with Gasteiger partial charge in [0.1, 0.15) is 0 Å². The lowest BCUT2D eigenvalue weighted by molar-refractivity contribution is 0.210. The molecule has 7 heteroatoms. The summed E-state index contributed by atoms with van der Waals surface area (Å²) in [7, 11) is 3.39. The summed E-state index contributed by atoms with van der Waals surface area (Å²) in [6.07, 6.45) is 0.910. The van der Waals surface area contributed by atoms with Gasteiger partial charge in [0, 0.05) is 20.7 Å². The minimum absolute atomic E-state index is 0.325. The zero-order valence-electron chi connectivity index (χ0n) is 10.5. The van der Waals surface area contributed by atoms with Crippen LogP contribution in [0.3, 0.4) is 0 Å². The number of methoxy groups -OCH3 is 1. The van der Waals surface area contributed by atoms with Crippen LogP contribution in [0.5, 0.6) is 6.01 Å². The van der Waals surface area contributed by atoms with E-state index in [1.54, 1.807) is 14.2 Å². The lowest BCUT2D eigenvalue weighted by Crippen LogP contribution is -2.13. The Morgan fingerprint density at radius 1 is 1.12 bits per heavy atom. The highest BCUT2D eigenvalue weighted by Crippen LogP contribution is 2.10. The Morgan fingerprint density at radius 2 is 1.88 bits per heavy atom. The molecule has 0 saturated carbocycles. The van der Waals surface area contributed by atoms with E-state index in [1.165, 1.54) is 0 Å². The number of nitrogens with zero attached hydrogens (tertiary/aromatic N) is 3. The molecule has 96 valence electrons. The first-order valence-corrected chi connectivity index (χ1v) is 5.59. The Labute approximate surface area is 101 Å². The molecule has 17 heavy (non-hydrogen) atoms. The van der Waals surface area contributed by atoms with E-state index in [9.17, 15) is 0 Å². The van der Waals surface area contributed by atoms with Crippen LogP contribution in [0, 0.1) is 0 Å². The van der Waals surface area contributed by atoms with Gasteiger partial charge >= 0.3 is 6.01 Å². The first kappa shape index (κ1) is 13.4. The summed E-state index contributed by atoms with van der Waals surface area (Å²) < 4.78 is 10.3. The molecule has 7 nitrogen and oxygen atoms in total. The maximum Gasteiger partial charge on any atom is 0.323 e. The van der Waals surface area contributed by atoms with Crippen molar-refractivity contribution in [2.45, 2.75) is 13.3 Å². The molecule has 0 aliphatic carbocycles. The fourth-order valence-corrected chi connectivity index (χ4v) is 1.07. The normalized spacial score (nSPS) is 10.1. The van der Waals surface area contributed by atoms with Crippen LogP contribution in [-0.4, -0.2) is 48.9 Å². The molecule has 0 aliphatic heterocycles. The van der Waals surface area contributed by atoms with Gasteiger partial charge in [-0.25, -0.2) is 0 Å². The second-order valence-electron chi connectivity index (χ2n) is 3.28. The third-order valence-electron chi connectivity index (χ3n) is 1.86. The van der Waals surface area contributed by atoms with Crippen molar-refractivity contribution >= 4 is 11.9 Å². The highest BCUT2D eigenvalue weighted by molar-refractivity contribution is 5.35. The number of ether oxygens (including phenoxy) is 2. The zero-order chi connectivity index (χ0) is 12.5. The van der Waals surface area contributed by atoms with Crippen molar-refractivity contribution < 1.29 is 9.47 Å². The highest BCUT2D eigenvalue weighted by atomic mass is 16.5. The Kier molecular flexibility index (Phi) is 6.02. The molecule has 1 aromatic heterocycles. The fourth-order valence-electron chi connectivity index (χ4n) is 1.07. The molecule has 0 aliphatic rings. The molecule has 0 saturated heterocycles. The molecule has 2 N–H and O–H groups in total. The van der Waals surface area contributed by atoms with Crippen molar-refractivity contribution in [3.63, 3.8) is 0 Å². The Morgan fingerprint density at radius 3 is 2.53 bits per heavy atom. The monoisotopic (exact) mass is 241 g/mol. The summed E-state index contributed by atoms with van der Waals surface area (Å²) in [6, 6.07) is 0.325. The second kappa shape index (κ2) is 7.61. The molecule has 0 amide bonds. The van der Waals surface area contributed by atoms with Crippen LogP contribution < -0.4 is 15.4 Å². The second-order valence-corrected chi connectivity index (χ2v) is 3.28. The molecule has 1 heterocycles. The topological polar surface area (TPSA) is 81.2 Å². The molecule has 0 atom stereocenters. The molecule has 0 fully saturated rings. The van der Waals surface area contributed by atoms with Crippen LogP contribution in [0.1, 0.15) is 13.3 Å². The molecule has 0 spiro atoms. The van der Waals surface area contributed by atoms with Gasteiger partial charge in [0.15, 0.2) is 0 Å². The van der Waals surface area contributed by atoms with Crippen LogP contribution in [0.15, 0.2) is 0 Å². The van der Waals surface area contributed by atoms with Crippen molar-refractivity contribution in [3.05, 3.63) is 0 Å². The van der Waals surface area contributed by atoms with Gasteiger partial charge in [0.25, 0.3) is 0 Å². The predicted molar refractivity (Wildman–Crippen MR) is 65.5 cm³/mol. The molecule has 1 aromatic rings. The van der Waals surface area contributed by atoms with Gasteiger partial charge in [-0.2, -0.15) is 15.0 Å². The summed E-state index contributed by atoms with van der Waals surface area (Å²) in [4.78, 5) is 12.4. The maximum absolute atomic E-state index is 5.37. The van der Waals surface area contributed by atoms with E-state index in [1.807, 2.05) is 6.92 Å². The van der Waals surface area contributed by atoms with E-state index in [0.29, 0.717) is 37.7 Å². The molecular formula is C10H19N5O2. The maximum atomic E-state index is 5.37. The van der Waals surface area contributed by atoms with Crippen molar-refractivity contribution in [3.8, 4) is 6.01 Å². The van der Waals surface area contributed by atoms with Gasteiger partial charge in [-0.05, 0) is 6.42 Å². The first-order chi connectivity index (χ1) is 8.30. The standard InChI is InChI=1S/C10H19N5O2/c1-4-6-17-10-14-8(11-2)13-9(15-10)12-5-7-16-3/h4-7H2,1-3H3,(H2,11,12,13,14,15). The Bertz CT molecular complexity index is 334. The Hall–Kier alpha value is -1.63. The summed E-state index contributed by atoms with van der Waals surface area (Å²) in [5.74, 6) is 0.957. The average Bonchev–Trinajstić information content (AvgIpc) is 2.36. The minimum atomic E-state index is 0.325. The number of nitrogens with one attached hydrogen (secondary N) is 2. The first-order valence-electron chi connectivity index (χ1n) is 5.59. The highest BCUT2D eigenvalue weighted by Gasteiger charge is 2.05. The minimum Gasteiger partial charge on any atom is -0.463 e. The third kappa shape index (κ3) is 4.81. The molecule has 0 bridgehead atoms. The lowest BCUT2D eigenvalue weighted by atomic mass is 10.5.